The van der Waals surface area contributed by atoms with Crippen LogP contribution in [-0.2, 0) is 20.8 Å². The smallest absolute Gasteiger partial charge is 0.163 e. The first-order valence-corrected chi connectivity index (χ1v) is 7.33. The summed E-state index contributed by atoms with van der Waals surface area (Å²) < 4.78 is 17.2. The van der Waals surface area contributed by atoms with Gasteiger partial charge in [-0.3, -0.25) is 0 Å². The zero-order valence-electron chi connectivity index (χ0n) is 12.3. The van der Waals surface area contributed by atoms with Crippen LogP contribution in [0.25, 0.3) is 0 Å². The van der Waals surface area contributed by atoms with Gasteiger partial charge in [0.1, 0.15) is 18.3 Å². The summed E-state index contributed by atoms with van der Waals surface area (Å²) in [6.45, 7) is 4.02. The molecule has 0 spiro atoms. The molecule has 0 unspecified atom stereocenters. The lowest BCUT2D eigenvalue weighted by Crippen LogP contribution is -2.55. The van der Waals surface area contributed by atoms with Gasteiger partial charge in [0, 0.05) is 6.42 Å². The zero-order chi connectivity index (χ0) is 15.0. The minimum atomic E-state index is -0.994. The molecule has 21 heavy (non-hydrogen) atoms. The van der Waals surface area contributed by atoms with Gasteiger partial charge in [0.15, 0.2) is 5.79 Å². The number of hydrogen-bond donors (Lipinski definition) is 2. The van der Waals surface area contributed by atoms with E-state index in [2.05, 4.69) is 0 Å². The quantitative estimate of drug-likeness (QED) is 0.877. The van der Waals surface area contributed by atoms with Crippen molar-refractivity contribution in [3.8, 4) is 0 Å². The summed E-state index contributed by atoms with van der Waals surface area (Å²) in [6.07, 6.45) is -2.65. The number of ether oxygens (including phenoxy) is 3. The summed E-state index contributed by atoms with van der Waals surface area (Å²) in [7, 11) is 0. The Hall–Kier alpha value is -0.980. The lowest BCUT2D eigenvalue weighted by atomic mass is 9.87. The predicted octanol–water partition coefficient (Wildman–Crippen LogP) is 1.22. The van der Waals surface area contributed by atoms with E-state index in [9.17, 15) is 10.2 Å². The SMILES string of the molecule is CC1(C)O[C@H]2[C@H](O)[C@@H](O)[C@H](OCc3ccccc3)C[C@H]2O1. The molecule has 5 heteroatoms. The Morgan fingerprint density at radius 3 is 2.57 bits per heavy atom. The molecule has 1 aliphatic heterocycles. The van der Waals surface area contributed by atoms with Crippen LogP contribution in [0.5, 0.6) is 0 Å². The van der Waals surface area contributed by atoms with Crippen LogP contribution in [0.2, 0.25) is 0 Å². The van der Waals surface area contributed by atoms with Crippen LogP contribution in [0.1, 0.15) is 25.8 Å². The lowest BCUT2D eigenvalue weighted by Gasteiger charge is -2.37. The Labute approximate surface area is 124 Å². The Kier molecular flexibility index (Phi) is 4.03. The van der Waals surface area contributed by atoms with E-state index in [1.165, 1.54) is 0 Å². The third-order valence-corrected chi connectivity index (χ3v) is 4.06. The standard InChI is InChI=1S/C16H22O5/c1-16(2)20-12-8-11(13(17)14(18)15(12)21-16)19-9-10-6-4-3-5-7-10/h3-7,11-15,17-18H,8-9H2,1-2H3/t11-,12-,13+,14-,15-/m1/s1. The molecule has 5 nitrogen and oxygen atoms in total. The average molecular weight is 294 g/mol. The molecule has 1 heterocycles. The molecule has 1 aromatic carbocycles. The van der Waals surface area contributed by atoms with Crippen LogP contribution in [0.15, 0.2) is 30.3 Å². The van der Waals surface area contributed by atoms with Crippen LogP contribution >= 0.6 is 0 Å². The van der Waals surface area contributed by atoms with E-state index in [0.717, 1.165) is 5.56 Å². The van der Waals surface area contributed by atoms with Crippen LogP contribution in [0.4, 0.5) is 0 Å². The second-order valence-electron chi connectivity index (χ2n) is 6.19. The molecule has 1 saturated heterocycles. The first kappa shape index (κ1) is 14.9. The molecule has 116 valence electrons. The van der Waals surface area contributed by atoms with Gasteiger partial charge in [-0.05, 0) is 19.4 Å². The molecule has 2 fully saturated rings. The summed E-state index contributed by atoms with van der Waals surface area (Å²) >= 11 is 0. The Balaban J connectivity index is 1.64. The van der Waals surface area contributed by atoms with Crippen molar-refractivity contribution >= 4 is 0 Å². The van der Waals surface area contributed by atoms with Crippen molar-refractivity contribution in [1.29, 1.82) is 0 Å². The Bertz CT molecular complexity index is 475. The topological polar surface area (TPSA) is 68.2 Å². The van der Waals surface area contributed by atoms with Crippen molar-refractivity contribution in [1.82, 2.24) is 0 Å². The Morgan fingerprint density at radius 2 is 1.86 bits per heavy atom. The van der Waals surface area contributed by atoms with Crippen LogP contribution in [0.3, 0.4) is 0 Å². The molecule has 5 atom stereocenters. The van der Waals surface area contributed by atoms with Crippen LogP contribution in [-0.4, -0.2) is 46.5 Å². The molecule has 2 N–H and O–H groups in total. The van der Waals surface area contributed by atoms with E-state index in [0.29, 0.717) is 13.0 Å². The second kappa shape index (κ2) is 5.66. The first-order chi connectivity index (χ1) is 9.96. The molecule has 0 amide bonds. The van der Waals surface area contributed by atoms with E-state index in [4.69, 9.17) is 14.2 Å². The zero-order valence-corrected chi connectivity index (χ0v) is 12.3. The maximum Gasteiger partial charge on any atom is 0.163 e. The fraction of sp³-hybridized carbons (Fsp3) is 0.625. The van der Waals surface area contributed by atoms with E-state index >= 15 is 0 Å². The van der Waals surface area contributed by atoms with Gasteiger partial charge < -0.3 is 24.4 Å². The summed E-state index contributed by atoms with van der Waals surface area (Å²) in [5.74, 6) is -0.732. The number of hydrogen-bond acceptors (Lipinski definition) is 5. The minimum absolute atomic E-state index is 0.251. The first-order valence-electron chi connectivity index (χ1n) is 7.33. The summed E-state index contributed by atoms with van der Waals surface area (Å²) in [6, 6.07) is 9.76. The van der Waals surface area contributed by atoms with Gasteiger partial charge in [-0.15, -0.1) is 0 Å². The highest BCUT2D eigenvalue weighted by atomic mass is 16.8. The highest BCUT2D eigenvalue weighted by molar-refractivity contribution is 5.13. The van der Waals surface area contributed by atoms with Gasteiger partial charge in [-0.2, -0.15) is 0 Å². The van der Waals surface area contributed by atoms with Gasteiger partial charge in [0.25, 0.3) is 0 Å². The molecule has 0 bridgehead atoms. The van der Waals surface area contributed by atoms with E-state index in [-0.39, 0.29) is 6.10 Å². The lowest BCUT2D eigenvalue weighted by molar-refractivity contribution is -0.173. The molecule has 0 aromatic heterocycles. The maximum absolute atomic E-state index is 10.2. The summed E-state index contributed by atoms with van der Waals surface area (Å²) in [5, 5.41) is 20.4. The molecule has 1 aromatic rings. The van der Waals surface area contributed by atoms with Crippen molar-refractivity contribution in [2.45, 2.75) is 63.2 Å². The van der Waals surface area contributed by atoms with Gasteiger partial charge in [-0.25, -0.2) is 0 Å². The molecular formula is C16H22O5. The van der Waals surface area contributed by atoms with Gasteiger partial charge in [-0.1, -0.05) is 30.3 Å². The van der Waals surface area contributed by atoms with Gasteiger partial charge in [0.2, 0.25) is 0 Å². The molecule has 1 aliphatic carbocycles. The number of benzene rings is 1. The van der Waals surface area contributed by atoms with Crippen molar-refractivity contribution in [2.24, 2.45) is 0 Å². The van der Waals surface area contributed by atoms with Gasteiger partial charge in [0.05, 0.1) is 18.8 Å². The highest BCUT2D eigenvalue weighted by Crippen LogP contribution is 2.38. The third-order valence-electron chi connectivity index (χ3n) is 4.06. The number of aliphatic hydroxyl groups excluding tert-OH is 2. The van der Waals surface area contributed by atoms with Crippen molar-refractivity contribution in [3.05, 3.63) is 35.9 Å². The molecule has 2 aliphatic rings. The summed E-state index contributed by atoms with van der Waals surface area (Å²) in [5.41, 5.74) is 1.03. The van der Waals surface area contributed by atoms with E-state index in [1.54, 1.807) is 0 Å². The summed E-state index contributed by atoms with van der Waals surface area (Å²) in [4.78, 5) is 0. The number of aliphatic hydroxyl groups is 2. The molecule has 1 saturated carbocycles. The third kappa shape index (κ3) is 3.12. The molecular weight excluding hydrogens is 272 g/mol. The van der Waals surface area contributed by atoms with Gasteiger partial charge >= 0.3 is 0 Å². The predicted molar refractivity (Wildman–Crippen MR) is 75.5 cm³/mol. The van der Waals surface area contributed by atoms with E-state index in [1.807, 2.05) is 44.2 Å². The molecule has 0 radical (unpaired) electrons. The minimum Gasteiger partial charge on any atom is -0.388 e. The number of rotatable bonds is 3. The van der Waals surface area contributed by atoms with Crippen molar-refractivity contribution < 1.29 is 24.4 Å². The molecule has 3 rings (SSSR count). The largest absolute Gasteiger partial charge is 0.388 e. The monoisotopic (exact) mass is 294 g/mol. The van der Waals surface area contributed by atoms with Crippen LogP contribution < -0.4 is 0 Å². The normalized spacial score (nSPS) is 38.2. The average Bonchev–Trinajstić information content (AvgIpc) is 2.77. The van der Waals surface area contributed by atoms with Crippen molar-refractivity contribution in [3.63, 3.8) is 0 Å². The maximum atomic E-state index is 10.2. The highest BCUT2D eigenvalue weighted by Gasteiger charge is 2.52. The number of fused-ring (bicyclic) bond motifs is 1. The Morgan fingerprint density at radius 1 is 1.14 bits per heavy atom. The fourth-order valence-corrected chi connectivity index (χ4v) is 3.06. The van der Waals surface area contributed by atoms with E-state index < -0.39 is 30.2 Å². The van der Waals surface area contributed by atoms with Crippen molar-refractivity contribution in [2.75, 3.05) is 0 Å². The second-order valence-corrected chi connectivity index (χ2v) is 6.19. The fourth-order valence-electron chi connectivity index (χ4n) is 3.06. The van der Waals surface area contributed by atoms with Crippen LogP contribution in [0, 0.1) is 0 Å².